The molecule has 2 N–H and O–H groups in total. The molecule has 0 unspecified atom stereocenters. The minimum absolute atomic E-state index is 0.00619. The molecule has 7 nitrogen and oxygen atoms in total. The van der Waals surface area contributed by atoms with Crippen LogP contribution < -0.4 is 15.6 Å². The van der Waals surface area contributed by atoms with Crippen LogP contribution in [0.5, 0.6) is 0 Å². The number of benzene rings is 1. The Labute approximate surface area is 157 Å². The summed E-state index contributed by atoms with van der Waals surface area (Å²) in [5.41, 5.74) is -2.20. The van der Waals surface area contributed by atoms with Crippen molar-refractivity contribution in [2.45, 2.75) is 39.2 Å². The van der Waals surface area contributed by atoms with Gasteiger partial charge in [0.15, 0.2) is 23.3 Å². The van der Waals surface area contributed by atoms with Crippen LogP contribution in [0, 0.1) is 23.3 Å². The zero-order valence-corrected chi connectivity index (χ0v) is 15.3. The van der Waals surface area contributed by atoms with Crippen molar-refractivity contribution in [1.29, 1.82) is 0 Å². The molecule has 1 aliphatic rings. The number of nitrogens with zero attached hydrogens (tertiary/aromatic N) is 2. The highest BCUT2D eigenvalue weighted by molar-refractivity contribution is 6.40. The van der Waals surface area contributed by atoms with Gasteiger partial charge >= 0.3 is 0 Å². The van der Waals surface area contributed by atoms with Gasteiger partial charge in [-0.2, -0.15) is 10.1 Å². The van der Waals surface area contributed by atoms with Crippen molar-refractivity contribution in [3.8, 4) is 0 Å². The molecule has 1 heterocycles. The van der Waals surface area contributed by atoms with E-state index in [1.165, 1.54) is 0 Å². The Bertz CT molecular complexity index is 839. The van der Waals surface area contributed by atoms with E-state index in [-0.39, 0.29) is 29.6 Å². The van der Waals surface area contributed by atoms with Gasteiger partial charge in [0.2, 0.25) is 11.8 Å². The van der Waals surface area contributed by atoms with Crippen LogP contribution in [0.4, 0.5) is 23.2 Å². The van der Waals surface area contributed by atoms with E-state index in [1.807, 2.05) is 0 Å². The maximum Gasteiger partial charge on any atom is 0.267 e. The lowest BCUT2D eigenvalue weighted by Crippen LogP contribution is -2.47. The number of nitrogens with one attached hydrogen (secondary N) is 2. The highest BCUT2D eigenvalue weighted by Gasteiger charge is 2.32. The maximum absolute atomic E-state index is 13.9. The second-order valence-electron chi connectivity index (χ2n) is 7.05. The zero-order valence-electron chi connectivity index (χ0n) is 15.3. The highest BCUT2D eigenvalue weighted by atomic mass is 19.2. The van der Waals surface area contributed by atoms with Crippen LogP contribution in [-0.2, 0) is 14.4 Å². The molecule has 152 valence electrons. The summed E-state index contributed by atoms with van der Waals surface area (Å²) in [6.07, 6.45) is -0.555. The highest BCUT2D eigenvalue weighted by Crippen LogP contribution is 2.30. The summed E-state index contributed by atoms with van der Waals surface area (Å²) in [7, 11) is 0. The third kappa shape index (κ3) is 4.84. The Kier molecular flexibility index (Phi) is 6.05. The molecule has 11 heteroatoms. The third-order valence-corrected chi connectivity index (χ3v) is 3.52. The second-order valence-corrected chi connectivity index (χ2v) is 7.05. The van der Waals surface area contributed by atoms with E-state index < -0.39 is 58.8 Å². The summed E-state index contributed by atoms with van der Waals surface area (Å²) in [5.74, 6) is -9.37. The summed E-state index contributed by atoms with van der Waals surface area (Å²) in [4.78, 5) is 35.9. The number of rotatable bonds is 4. The lowest BCUT2D eigenvalue weighted by molar-refractivity contribution is -0.124. The summed E-state index contributed by atoms with van der Waals surface area (Å²) in [5, 5.41) is 8.51. The molecule has 0 radical (unpaired) electrons. The zero-order chi connectivity index (χ0) is 21.2. The molecule has 0 aromatic heterocycles. The molecule has 3 amide bonds. The lowest BCUT2D eigenvalue weighted by atomic mass is 10.1. The topological polar surface area (TPSA) is 90.9 Å². The number of hydrogen-bond donors (Lipinski definition) is 2. The average molecular weight is 402 g/mol. The molecule has 0 bridgehead atoms. The molecule has 1 aromatic carbocycles. The predicted molar refractivity (Wildman–Crippen MR) is 91.3 cm³/mol. The van der Waals surface area contributed by atoms with Gasteiger partial charge in [0.25, 0.3) is 5.91 Å². The van der Waals surface area contributed by atoms with Crippen molar-refractivity contribution in [2.75, 3.05) is 11.6 Å². The second kappa shape index (κ2) is 7.95. The first-order valence-electron chi connectivity index (χ1n) is 8.23. The fourth-order valence-electron chi connectivity index (χ4n) is 2.36. The molecule has 0 atom stereocenters. The van der Waals surface area contributed by atoms with Crippen LogP contribution in [0.3, 0.4) is 0 Å². The molecule has 1 aromatic rings. The van der Waals surface area contributed by atoms with Crippen molar-refractivity contribution in [3.63, 3.8) is 0 Å². The van der Waals surface area contributed by atoms with Gasteiger partial charge in [-0.25, -0.2) is 17.6 Å². The van der Waals surface area contributed by atoms with Gasteiger partial charge in [-0.05, 0) is 20.8 Å². The number of hydrogen-bond acceptors (Lipinski definition) is 4. The molecule has 0 aliphatic carbocycles. The van der Waals surface area contributed by atoms with Crippen LogP contribution in [0.2, 0.25) is 0 Å². The molecule has 0 fully saturated rings. The standard InChI is InChI=1S/C17H18F4N4O3/c1-17(2,3)23-11(26)7-22-16(28)10-4-5-12(27)25(24-10)15-13(20)8(18)6-9(19)14(15)21/h6H,4-5,7H2,1-3H3,(H,22,28)(H,23,26). The SMILES string of the molecule is CC(C)(C)NC(=O)CNC(=O)C1=NN(c2c(F)c(F)cc(F)c2F)C(=O)CC1. The molecule has 0 spiro atoms. The van der Waals surface area contributed by atoms with Crippen LogP contribution in [0.15, 0.2) is 11.2 Å². The molecular formula is C17H18F4N4O3. The first kappa shape index (κ1) is 21.3. The summed E-state index contributed by atoms with van der Waals surface area (Å²) >= 11 is 0. The number of amides is 3. The van der Waals surface area contributed by atoms with E-state index in [9.17, 15) is 31.9 Å². The van der Waals surface area contributed by atoms with Crippen molar-refractivity contribution in [2.24, 2.45) is 5.10 Å². The van der Waals surface area contributed by atoms with Crippen LogP contribution >= 0.6 is 0 Å². The minimum atomic E-state index is -1.82. The van der Waals surface area contributed by atoms with Crippen LogP contribution in [0.25, 0.3) is 0 Å². The maximum atomic E-state index is 13.9. The Balaban J connectivity index is 2.23. The van der Waals surface area contributed by atoms with Gasteiger partial charge in [-0.1, -0.05) is 0 Å². The number of carbonyl (C=O) groups is 3. The Morgan fingerprint density at radius 1 is 1.11 bits per heavy atom. The number of halogens is 4. The fraction of sp³-hybridized carbons (Fsp3) is 0.412. The quantitative estimate of drug-likeness (QED) is 0.594. The van der Waals surface area contributed by atoms with E-state index in [2.05, 4.69) is 15.7 Å². The Morgan fingerprint density at radius 2 is 1.68 bits per heavy atom. The van der Waals surface area contributed by atoms with Crippen molar-refractivity contribution in [1.82, 2.24) is 10.6 Å². The molecule has 1 aliphatic heterocycles. The number of anilines is 1. The minimum Gasteiger partial charge on any atom is -0.350 e. The van der Waals surface area contributed by atoms with Gasteiger partial charge in [0, 0.05) is 24.4 Å². The van der Waals surface area contributed by atoms with Gasteiger partial charge < -0.3 is 10.6 Å². The number of carbonyl (C=O) groups excluding carboxylic acids is 3. The predicted octanol–water partition coefficient (Wildman–Crippen LogP) is 1.76. The first-order valence-corrected chi connectivity index (χ1v) is 8.23. The average Bonchev–Trinajstić information content (AvgIpc) is 2.58. The first-order chi connectivity index (χ1) is 12.9. The van der Waals surface area contributed by atoms with E-state index in [0.717, 1.165) is 0 Å². The van der Waals surface area contributed by atoms with Gasteiger partial charge in [0.1, 0.15) is 11.4 Å². The van der Waals surface area contributed by atoms with E-state index in [0.29, 0.717) is 0 Å². The smallest absolute Gasteiger partial charge is 0.267 e. The van der Waals surface area contributed by atoms with E-state index in [4.69, 9.17) is 0 Å². The lowest BCUT2D eigenvalue weighted by Gasteiger charge is -2.24. The normalized spacial score (nSPS) is 14.6. The van der Waals surface area contributed by atoms with Crippen molar-refractivity contribution in [3.05, 3.63) is 29.3 Å². The van der Waals surface area contributed by atoms with Gasteiger partial charge in [0.05, 0.1) is 6.54 Å². The summed E-state index contributed by atoms with van der Waals surface area (Å²) in [6, 6.07) is -0.00619. The summed E-state index contributed by atoms with van der Waals surface area (Å²) < 4.78 is 54.7. The fourth-order valence-corrected chi connectivity index (χ4v) is 2.36. The van der Waals surface area contributed by atoms with Gasteiger partial charge in [-0.3, -0.25) is 14.4 Å². The number of hydrazone groups is 1. The Morgan fingerprint density at radius 3 is 2.21 bits per heavy atom. The third-order valence-electron chi connectivity index (χ3n) is 3.52. The molecule has 28 heavy (non-hydrogen) atoms. The molecule has 2 rings (SSSR count). The van der Waals surface area contributed by atoms with E-state index in [1.54, 1.807) is 20.8 Å². The molecule has 0 saturated carbocycles. The molecule has 0 saturated heterocycles. The monoisotopic (exact) mass is 402 g/mol. The molecular weight excluding hydrogens is 384 g/mol. The Hall–Kier alpha value is -2.98. The van der Waals surface area contributed by atoms with Crippen molar-refractivity contribution >= 4 is 29.1 Å². The van der Waals surface area contributed by atoms with Gasteiger partial charge in [-0.15, -0.1) is 0 Å². The van der Waals surface area contributed by atoms with Crippen molar-refractivity contribution < 1.29 is 31.9 Å². The summed E-state index contributed by atoms with van der Waals surface area (Å²) in [6.45, 7) is 4.81. The van der Waals surface area contributed by atoms with E-state index >= 15 is 0 Å². The van der Waals surface area contributed by atoms with Crippen LogP contribution in [-0.4, -0.2) is 35.5 Å². The largest absolute Gasteiger partial charge is 0.350 e. The van der Waals surface area contributed by atoms with Crippen LogP contribution in [0.1, 0.15) is 33.6 Å².